The summed E-state index contributed by atoms with van der Waals surface area (Å²) in [5, 5.41) is 2.58. The Hall–Kier alpha value is -2.74. The van der Waals surface area contributed by atoms with Crippen molar-refractivity contribution in [3.63, 3.8) is 0 Å². The number of hydrogen-bond acceptors (Lipinski definition) is 0. The molecule has 0 spiro atoms. The lowest BCUT2D eigenvalue weighted by Crippen LogP contribution is -2.16. The molecule has 2 aromatic carbocycles. The van der Waals surface area contributed by atoms with Crippen LogP contribution >= 0.6 is 0 Å². The number of fused-ring (bicyclic) bond motifs is 1. The number of hydrogen-bond donors (Lipinski definition) is 0. The number of benzene rings is 2. The van der Waals surface area contributed by atoms with Crippen molar-refractivity contribution in [2.75, 3.05) is 0 Å². The average molecular weight is 371 g/mol. The minimum atomic E-state index is 0.0643. The van der Waals surface area contributed by atoms with Gasteiger partial charge in [0.25, 0.3) is 0 Å². The van der Waals surface area contributed by atoms with E-state index in [2.05, 4.69) is 124 Å². The molecule has 0 aliphatic rings. The zero-order valence-corrected chi connectivity index (χ0v) is 17.8. The van der Waals surface area contributed by atoms with E-state index in [1.54, 1.807) is 0 Å². The van der Waals surface area contributed by atoms with Gasteiger partial charge >= 0.3 is 0 Å². The zero-order valence-electron chi connectivity index (χ0n) is 17.8. The van der Waals surface area contributed by atoms with Gasteiger partial charge in [-0.3, -0.25) is 0 Å². The molecule has 4 rings (SSSR count). The third-order valence-corrected chi connectivity index (χ3v) is 5.45. The van der Waals surface area contributed by atoms with Gasteiger partial charge < -0.3 is 9.13 Å². The van der Waals surface area contributed by atoms with Crippen molar-refractivity contribution < 1.29 is 0 Å². The topological polar surface area (TPSA) is 9.86 Å². The molecule has 0 aliphatic carbocycles. The first-order valence-corrected chi connectivity index (χ1v) is 10.0. The van der Waals surface area contributed by atoms with Gasteiger partial charge in [-0.25, -0.2) is 0 Å². The van der Waals surface area contributed by atoms with Crippen LogP contribution in [0.5, 0.6) is 0 Å². The van der Waals surface area contributed by atoms with E-state index in [1.807, 2.05) is 0 Å². The van der Waals surface area contributed by atoms with Crippen LogP contribution in [-0.2, 0) is 10.8 Å². The highest BCUT2D eigenvalue weighted by molar-refractivity contribution is 5.89. The smallest absolute Gasteiger partial charge is 0.0493 e. The highest BCUT2D eigenvalue weighted by atomic mass is 15.0. The summed E-state index contributed by atoms with van der Waals surface area (Å²) in [4.78, 5) is 0. The Bertz CT molecular complexity index is 1010. The van der Waals surface area contributed by atoms with Crippen molar-refractivity contribution in [2.24, 2.45) is 0 Å². The summed E-state index contributed by atoms with van der Waals surface area (Å²) in [6.45, 7) is 13.8. The monoisotopic (exact) mass is 370 g/mol. The van der Waals surface area contributed by atoms with Crippen molar-refractivity contribution in [1.29, 1.82) is 0 Å². The Kier molecular flexibility index (Phi) is 4.26. The molecule has 0 unspecified atom stereocenters. The van der Waals surface area contributed by atoms with Crippen molar-refractivity contribution in [2.45, 2.75) is 52.4 Å². The molecule has 0 atom stereocenters. The van der Waals surface area contributed by atoms with Crippen LogP contribution in [0, 0.1) is 0 Å². The molecular weight excluding hydrogens is 340 g/mol. The fourth-order valence-electron chi connectivity index (χ4n) is 3.94. The summed E-state index contributed by atoms with van der Waals surface area (Å²) in [6.07, 6.45) is 8.53. The molecule has 2 aromatic heterocycles. The normalized spacial score (nSPS) is 12.6. The second-order valence-electron chi connectivity index (χ2n) is 9.77. The molecule has 0 amide bonds. The van der Waals surface area contributed by atoms with Crippen LogP contribution in [0.15, 0.2) is 73.3 Å². The first-order valence-electron chi connectivity index (χ1n) is 10.0. The summed E-state index contributed by atoms with van der Waals surface area (Å²) in [5.74, 6) is 0. The van der Waals surface area contributed by atoms with Crippen LogP contribution in [0.25, 0.3) is 22.1 Å². The van der Waals surface area contributed by atoms with Gasteiger partial charge in [0.05, 0.1) is 0 Å². The van der Waals surface area contributed by atoms with Gasteiger partial charge in [-0.1, -0.05) is 41.5 Å². The maximum atomic E-state index is 2.39. The Morgan fingerprint density at radius 2 is 0.821 bits per heavy atom. The fourth-order valence-corrected chi connectivity index (χ4v) is 3.94. The third kappa shape index (κ3) is 3.28. The van der Waals surface area contributed by atoms with Crippen LogP contribution in [-0.4, -0.2) is 9.13 Å². The summed E-state index contributed by atoms with van der Waals surface area (Å²) in [6, 6.07) is 17.8. The van der Waals surface area contributed by atoms with E-state index < -0.39 is 0 Å². The molecule has 144 valence electrons. The molecule has 2 nitrogen and oxygen atoms in total. The van der Waals surface area contributed by atoms with E-state index in [9.17, 15) is 0 Å². The van der Waals surface area contributed by atoms with Gasteiger partial charge in [-0.2, -0.15) is 0 Å². The van der Waals surface area contributed by atoms with Gasteiger partial charge in [0.15, 0.2) is 0 Å². The molecule has 2 heteroatoms. The molecule has 0 radical (unpaired) electrons. The number of aromatic nitrogens is 2. The molecule has 0 fully saturated rings. The van der Waals surface area contributed by atoms with E-state index >= 15 is 0 Å². The minimum absolute atomic E-state index is 0.0643. The van der Waals surface area contributed by atoms with Gasteiger partial charge in [0.2, 0.25) is 0 Å². The summed E-state index contributed by atoms with van der Waals surface area (Å²) >= 11 is 0. The van der Waals surface area contributed by atoms with E-state index in [0.717, 1.165) is 0 Å². The van der Waals surface area contributed by atoms with Gasteiger partial charge in [-0.15, -0.1) is 0 Å². The molecule has 4 aromatic rings. The van der Waals surface area contributed by atoms with Crippen LogP contribution in [0.1, 0.15) is 52.7 Å². The maximum Gasteiger partial charge on any atom is 0.0493 e. The lowest BCUT2D eigenvalue weighted by atomic mass is 9.81. The SMILES string of the molecule is CC(C)(C)c1cc2cc(C(C)(C)C)c(-n3cccc3)cc2cc1-n1cccc1. The van der Waals surface area contributed by atoms with Crippen LogP contribution in [0.2, 0.25) is 0 Å². The second-order valence-corrected chi connectivity index (χ2v) is 9.77. The summed E-state index contributed by atoms with van der Waals surface area (Å²) in [7, 11) is 0. The van der Waals surface area contributed by atoms with Crippen molar-refractivity contribution >= 4 is 10.8 Å². The molecule has 0 aliphatic heterocycles. The number of rotatable bonds is 2. The maximum absolute atomic E-state index is 2.39. The molecule has 2 heterocycles. The Balaban J connectivity index is 2.06. The Morgan fingerprint density at radius 3 is 1.14 bits per heavy atom. The van der Waals surface area contributed by atoms with Crippen LogP contribution < -0.4 is 0 Å². The minimum Gasteiger partial charge on any atom is -0.324 e. The average Bonchev–Trinajstić information content (AvgIpc) is 3.31. The van der Waals surface area contributed by atoms with E-state index in [4.69, 9.17) is 0 Å². The van der Waals surface area contributed by atoms with E-state index in [-0.39, 0.29) is 10.8 Å². The summed E-state index contributed by atoms with van der Waals surface area (Å²) < 4.78 is 4.46. The highest BCUT2D eigenvalue weighted by Crippen LogP contribution is 2.37. The Labute approximate surface area is 168 Å². The van der Waals surface area contributed by atoms with Crippen molar-refractivity contribution in [3.8, 4) is 11.4 Å². The molecule has 0 bridgehead atoms. The highest BCUT2D eigenvalue weighted by Gasteiger charge is 2.23. The van der Waals surface area contributed by atoms with Crippen molar-refractivity contribution in [3.05, 3.63) is 84.4 Å². The predicted octanol–water partition coefficient (Wildman–Crippen LogP) is 7.02. The van der Waals surface area contributed by atoms with Crippen LogP contribution in [0.3, 0.4) is 0 Å². The van der Waals surface area contributed by atoms with Gasteiger partial charge in [0.1, 0.15) is 0 Å². The third-order valence-electron chi connectivity index (χ3n) is 5.45. The molecule has 0 saturated carbocycles. The summed E-state index contributed by atoms with van der Waals surface area (Å²) in [5.41, 5.74) is 5.37. The lowest BCUT2D eigenvalue weighted by molar-refractivity contribution is 0.585. The molecule has 28 heavy (non-hydrogen) atoms. The quantitative estimate of drug-likeness (QED) is 0.359. The largest absolute Gasteiger partial charge is 0.324 e. The molecule has 0 saturated heterocycles. The van der Waals surface area contributed by atoms with Gasteiger partial charge in [-0.05, 0) is 81.3 Å². The van der Waals surface area contributed by atoms with E-state index in [1.165, 1.54) is 33.3 Å². The first-order chi connectivity index (χ1) is 13.1. The lowest BCUT2D eigenvalue weighted by Gasteiger charge is -2.27. The Morgan fingerprint density at radius 1 is 0.500 bits per heavy atom. The zero-order chi connectivity index (χ0) is 20.1. The standard InChI is InChI=1S/C26H30N2/c1-25(2,3)21-15-19-16-22(26(4,5)6)24(28-13-9-10-14-28)18-20(19)17-23(21)27-11-7-8-12-27/h7-18H,1-6H3. The van der Waals surface area contributed by atoms with Crippen molar-refractivity contribution in [1.82, 2.24) is 9.13 Å². The van der Waals surface area contributed by atoms with Crippen LogP contribution in [0.4, 0.5) is 0 Å². The first kappa shape index (κ1) is 18.6. The fraction of sp³-hybridized carbons (Fsp3) is 0.308. The van der Waals surface area contributed by atoms with E-state index in [0.29, 0.717) is 0 Å². The second kappa shape index (κ2) is 6.41. The predicted molar refractivity (Wildman–Crippen MR) is 120 cm³/mol. The number of nitrogens with zero attached hydrogens (tertiary/aromatic N) is 2. The van der Waals surface area contributed by atoms with Gasteiger partial charge in [0, 0.05) is 36.2 Å². The molecule has 0 N–H and O–H groups in total. The molecular formula is C26H30N2.